The van der Waals surface area contributed by atoms with E-state index in [0.29, 0.717) is 11.3 Å². The average Bonchev–Trinajstić information content (AvgIpc) is 3.25. The summed E-state index contributed by atoms with van der Waals surface area (Å²) in [6, 6.07) is 3.34. The molecule has 2 amide bonds. The van der Waals surface area contributed by atoms with E-state index in [2.05, 4.69) is 0 Å². The first-order valence-corrected chi connectivity index (χ1v) is 10.9. The van der Waals surface area contributed by atoms with Gasteiger partial charge in [0.25, 0.3) is 5.69 Å². The molecule has 33 heavy (non-hydrogen) atoms. The van der Waals surface area contributed by atoms with E-state index in [9.17, 15) is 19.7 Å². The van der Waals surface area contributed by atoms with Crippen molar-refractivity contribution in [1.29, 1.82) is 0 Å². The second-order valence-electron chi connectivity index (χ2n) is 10.5. The fourth-order valence-corrected chi connectivity index (χ4v) is 4.60. The highest BCUT2D eigenvalue weighted by molar-refractivity contribution is 5.78. The normalized spacial score (nSPS) is 25.6. The SMILES string of the molecule is C[C@H]1C2=C[C@H]3Oc4ccc([N+](=O)[O-])cc4[C@H]3[C@@H]2N(C(=O)OC(C)(C)C)N1C(=O)OC(C)(C)C. The van der Waals surface area contributed by atoms with Gasteiger partial charge in [-0.3, -0.25) is 10.1 Å². The molecule has 2 heterocycles. The average molecular weight is 459 g/mol. The molecule has 178 valence electrons. The predicted molar refractivity (Wildman–Crippen MR) is 118 cm³/mol. The number of benzene rings is 1. The van der Waals surface area contributed by atoms with Gasteiger partial charge >= 0.3 is 12.2 Å². The fourth-order valence-electron chi connectivity index (χ4n) is 4.60. The summed E-state index contributed by atoms with van der Waals surface area (Å²) in [6.45, 7) is 12.3. The van der Waals surface area contributed by atoms with Crippen molar-refractivity contribution in [3.8, 4) is 5.75 Å². The first-order valence-electron chi connectivity index (χ1n) is 10.9. The number of ether oxygens (including phenoxy) is 3. The molecule has 2 aliphatic heterocycles. The predicted octanol–water partition coefficient (Wildman–Crippen LogP) is 4.54. The summed E-state index contributed by atoms with van der Waals surface area (Å²) in [5.41, 5.74) is -0.205. The van der Waals surface area contributed by atoms with Gasteiger partial charge in [-0.1, -0.05) is 0 Å². The second-order valence-corrected chi connectivity index (χ2v) is 10.5. The van der Waals surface area contributed by atoms with Gasteiger partial charge < -0.3 is 14.2 Å². The van der Waals surface area contributed by atoms with Crippen molar-refractivity contribution in [3.05, 3.63) is 45.5 Å². The van der Waals surface area contributed by atoms with Crippen LogP contribution in [-0.2, 0) is 9.47 Å². The first kappa shape index (κ1) is 22.9. The zero-order valence-electron chi connectivity index (χ0n) is 19.8. The number of nitro benzene ring substituents is 1. The standard InChI is InChI=1S/C23H29N3O7/c1-12-14-11-17-18(15-10-13(26(29)30)8-9-16(15)31-17)19(14)25(21(28)33-23(5,6)7)24(12)20(27)32-22(2,3)4/h8-12,17-19H,1-7H3/t12-,17+,18+,19+/m0/s1. The molecule has 1 aliphatic carbocycles. The molecule has 0 unspecified atom stereocenters. The zero-order valence-corrected chi connectivity index (χ0v) is 19.8. The van der Waals surface area contributed by atoms with Crippen molar-refractivity contribution >= 4 is 17.9 Å². The topological polar surface area (TPSA) is 111 Å². The molecular weight excluding hydrogens is 430 g/mol. The largest absolute Gasteiger partial charge is 0.485 e. The number of nitrogens with zero attached hydrogens (tertiary/aromatic N) is 3. The maximum absolute atomic E-state index is 13.4. The number of hydrogen-bond donors (Lipinski definition) is 0. The second kappa shape index (κ2) is 7.36. The monoisotopic (exact) mass is 459 g/mol. The molecule has 1 aromatic rings. The Morgan fingerprint density at radius 3 is 2.15 bits per heavy atom. The number of hydrogen-bond acceptors (Lipinski definition) is 7. The van der Waals surface area contributed by atoms with Gasteiger partial charge in [-0.05, 0) is 66.2 Å². The summed E-state index contributed by atoms with van der Waals surface area (Å²) in [6.07, 6.45) is 0.113. The van der Waals surface area contributed by atoms with Crippen molar-refractivity contribution in [2.45, 2.75) is 83.8 Å². The number of hydrazine groups is 1. The molecule has 3 aliphatic rings. The Morgan fingerprint density at radius 1 is 1.03 bits per heavy atom. The summed E-state index contributed by atoms with van der Waals surface area (Å²) in [4.78, 5) is 37.5. The van der Waals surface area contributed by atoms with Crippen LogP contribution in [-0.4, -0.2) is 56.5 Å². The van der Waals surface area contributed by atoms with Crippen LogP contribution in [0.2, 0.25) is 0 Å². The van der Waals surface area contributed by atoms with Crippen LogP contribution in [0, 0.1) is 10.1 Å². The highest BCUT2D eigenvalue weighted by Crippen LogP contribution is 2.53. The van der Waals surface area contributed by atoms with Gasteiger partial charge in [-0.25, -0.2) is 19.6 Å². The zero-order chi connectivity index (χ0) is 24.5. The molecule has 0 aromatic heterocycles. The molecule has 0 spiro atoms. The van der Waals surface area contributed by atoms with Crippen molar-refractivity contribution in [2.24, 2.45) is 0 Å². The van der Waals surface area contributed by atoms with Gasteiger partial charge in [-0.15, -0.1) is 0 Å². The minimum absolute atomic E-state index is 0.0645. The summed E-state index contributed by atoms with van der Waals surface area (Å²) in [5, 5.41) is 13.9. The lowest BCUT2D eigenvalue weighted by Gasteiger charge is -2.36. The molecule has 0 saturated carbocycles. The molecule has 10 heteroatoms. The van der Waals surface area contributed by atoms with Crippen LogP contribution in [0.25, 0.3) is 0 Å². The highest BCUT2D eigenvalue weighted by atomic mass is 16.6. The number of carbonyl (C=O) groups is 2. The van der Waals surface area contributed by atoms with Crippen LogP contribution >= 0.6 is 0 Å². The maximum atomic E-state index is 13.4. The van der Waals surface area contributed by atoms with Crippen molar-refractivity contribution in [2.75, 3.05) is 0 Å². The van der Waals surface area contributed by atoms with Gasteiger partial charge in [0.1, 0.15) is 23.1 Å². The smallest absolute Gasteiger partial charge is 0.430 e. The number of fused-ring (bicyclic) bond motifs is 5. The number of nitro groups is 1. The Hall–Kier alpha value is -3.30. The third kappa shape index (κ3) is 3.98. The van der Waals surface area contributed by atoms with E-state index in [1.807, 2.05) is 13.0 Å². The summed E-state index contributed by atoms with van der Waals surface area (Å²) >= 11 is 0. The molecule has 1 fully saturated rings. The quantitative estimate of drug-likeness (QED) is 0.344. The molecule has 10 nitrogen and oxygen atoms in total. The van der Waals surface area contributed by atoms with E-state index < -0.39 is 52.4 Å². The molecule has 4 rings (SSSR count). The minimum atomic E-state index is -0.798. The lowest BCUT2D eigenvalue weighted by Crippen LogP contribution is -2.54. The Bertz CT molecular complexity index is 1050. The molecule has 1 saturated heterocycles. The molecular formula is C23H29N3O7. The lowest BCUT2D eigenvalue weighted by atomic mass is 9.90. The fraction of sp³-hybridized carbons (Fsp3) is 0.565. The van der Waals surface area contributed by atoms with E-state index in [1.165, 1.54) is 22.2 Å². The van der Waals surface area contributed by atoms with E-state index in [1.54, 1.807) is 47.6 Å². The van der Waals surface area contributed by atoms with Gasteiger partial charge in [0.05, 0.1) is 22.9 Å². The summed E-state index contributed by atoms with van der Waals surface area (Å²) in [5.74, 6) is 0.107. The van der Waals surface area contributed by atoms with Crippen molar-refractivity contribution in [3.63, 3.8) is 0 Å². The third-order valence-corrected chi connectivity index (χ3v) is 5.72. The molecule has 0 bridgehead atoms. The van der Waals surface area contributed by atoms with Crippen LogP contribution in [0.3, 0.4) is 0 Å². The van der Waals surface area contributed by atoms with Crippen LogP contribution in [0.5, 0.6) is 5.75 Å². The number of rotatable bonds is 1. The van der Waals surface area contributed by atoms with Crippen LogP contribution in [0.1, 0.15) is 59.9 Å². The maximum Gasteiger partial charge on any atom is 0.430 e. The first-order chi connectivity index (χ1) is 15.2. The highest BCUT2D eigenvalue weighted by Gasteiger charge is 2.59. The Balaban J connectivity index is 1.78. The third-order valence-electron chi connectivity index (χ3n) is 5.72. The molecule has 1 aromatic carbocycles. The van der Waals surface area contributed by atoms with E-state index in [-0.39, 0.29) is 5.69 Å². The Morgan fingerprint density at radius 2 is 1.61 bits per heavy atom. The van der Waals surface area contributed by atoms with E-state index in [4.69, 9.17) is 14.2 Å². The molecule has 4 atom stereocenters. The number of carbonyl (C=O) groups excluding carboxylic acids is 2. The van der Waals surface area contributed by atoms with Crippen molar-refractivity contribution in [1.82, 2.24) is 10.0 Å². The summed E-state index contributed by atoms with van der Waals surface area (Å²) in [7, 11) is 0. The Kier molecular flexibility index (Phi) is 5.10. The lowest BCUT2D eigenvalue weighted by molar-refractivity contribution is -0.384. The van der Waals surface area contributed by atoms with Crippen LogP contribution in [0.4, 0.5) is 15.3 Å². The van der Waals surface area contributed by atoms with Gasteiger partial charge in [-0.2, -0.15) is 0 Å². The molecule has 0 N–H and O–H groups in total. The van der Waals surface area contributed by atoms with E-state index >= 15 is 0 Å². The van der Waals surface area contributed by atoms with Crippen LogP contribution < -0.4 is 4.74 Å². The molecule has 0 radical (unpaired) electrons. The van der Waals surface area contributed by atoms with Crippen molar-refractivity contribution < 1.29 is 28.7 Å². The van der Waals surface area contributed by atoms with Gasteiger partial charge in [0.15, 0.2) is 0 Å². The number of non-ortho nitro benzene ring substituents is 1. The number of amides is 2. The van der Waals surface area contributed by atoms with Gasteiger partial charge in [0.2, 0.25) is 0 Å². The minimum Gasteiger partial charge on any atom is -0.485 e. The van der Waals surface area contributed by atoms with E-state index in [0.717, 1.165) is 5.57 Å². The summed E-state index contributed by atoms with van der Waals surface area (Å²) < 4.78 is 17.3. The van der Waals surface area contributed by atoms with Gasteiger partial charge in [0, 0.05) is 17.7 Å². The Labute approximate surface area is 192 Å². The van der Waals surface area contributed by atoms with Crippen LogP contribution in [0.15, 0.2) is 29.8 Å².